The van der Waals surface area contributed by atoms with Gasteiger partial charge in [0.15, 0.2) is 0 Å². The molecule has 0 heterocycles. The van der Waals surface area contributed by atoms with Crippen LogP contribution < -0.4 is 9.84 Å². The fourth-order valence-electron chi connectivity index (χ4n) is 3.51. The first-order valence-electron chi connectivity index (χ1n) is 12.1. The Morgan fingerprint density at radius 3 is 1.92 bits per heavy atom. The van der Waals surface area contributed by atoms with E-state index in [4.69, 9.17) is 5.10 Å². The highest BCUT2D eigenvalue weighted by Crippen LogP contribution is 2.25. The van der Waals surface area contributed by atoms with Crippen molar-refractivity contribution in [3.8, 4) is 0 Å². The number of sulfonamides is 1. The van der Waals surface area contributed by atoms with Crippen LogP contribution in [0.1, 0.15) is 44.1 Å². The van der Waals surface area contributed by atoms with E-state index in [0.717, 1.165) is 49.0 Å². The average molecular weight is 570 g/mol. The van der Waals surface area contributed by atoms with E-state index in [1.807, 2.05) is 54.5 Å². The smallest absolute Gasteiger partial charge is 0.234 e. The molecule has 0 saturated heterocycles. The van der Waals surface area contributed by atoms with Crippen LogP contribution in [-0.4, -0.2) is 25.7 Å². The summed E-state index contributed by atoms with van der Waals surface area (Å²) in [6.07, 6.45) is 9.20. The van der Waals surface area contributed by atoms with Crippen LogP contribution in [0.2, 0.25) is 0 Å². The van der Waals surface area contributed by atoms with Crippen LogP contribution in [0.4, 0.5) is 11.4 Å². The van der Waals surface area contributed by atoms with Gasteiger partial charge in [-0.15, -0.1) is 0 Å². The summed E-state index contributed by atoms with van der Waals surface area (Å²) < 4.78 is 24.4. The number of nitrogens with one attached hydrogen (secondary N) is 1. The van der Waals surface area contributed by atoms with Crippen LogP contribution in [-0.2, 0) is 10.0 Å². The van der Waals surface area contributed by atoms with E-state index in [0.29, 0.717) is 11.2 Å². The van der Waals surface area contributed by atoms with Crippen molar-refractivity contribution in [2.24, 2.45) is 10.2 Å². The first-order valence-corrected chi connectivity index (χ1v) is 14.5. The van der Waals surface area contributed by atoms with Gasteiger partial charge in [0.2, 0.25) is 0 Å². The van der Waals surface area contributed by atoms with Gasteiger partial charge >= 0.3 is 0 Å². The van der Waals surface area contributed by atoms with E-state index in [1.54, 1.807) is 30.5 Å². The number of aryl methyl sites for hydroxylation is 1. The van der Waals surface area contributed by atoms with E-state index in [9.17, 15) is 8.42 Å². The standard InChI is InChI=1S/C28H33BrN4O2S/c1-24-18-20-28(21-19-24)36(34,35)32-30-22-10-8-12-25(29)13-9-11-23-31-33(26-14-4-2-5-15-26)27-16-6-3-7-17-27/h2-7,14-23,25,32H,8-13H2,1H3/b30-22+,31-23+. The quantitative estimate of drug-likeness (QED) is 0.0967. The molecule has 8 heteroatoms. The van der Waals surface area contributed by atoms with Crippen molar-refractivity contribution < 1.29 is 8.42 Å². The van der Waals surface area contributed by atoms with E-state index in [-0.39, 0.29) is 4.90 Å². The summed E-state index contributed by atoms with van der Waals surface area (Å²) in [6, 6.07) is 27.0. The monoisotopic (exact) mass is 568 g/mol. The zero-order chi connectivity index (χ0) is 25.6. The number of halogens is 1. The molecule has 1 unspecified atom stereocenters. The highest BCUT2D eigenvalue weighted by Gasteiger charge is 2.11. The normalized spacial score (nSPS) is 12.7. The summed E-state index contributed by atoms with van der Waals surface area (Å²) in [4.78, 5) is 2.89. The molecular formula is C28H33BrN4O2S. The maximum atomic E-state index is 12.2. The maximum Gasteiger partial charge on any atom is 0.276 e. The highest BCUT2D eigenvalue weighted by atomic mass is 79.9. The zero-order valence-electron chi connectivity index (χ0n) is 20.5. The van der Waals surface area contributed by atoms with E-state index in [2.05, 4.69) is 50.1 Å². The minimum atomic E-state index is -3.61. The Morgan fingerprint density at radius 2 is 1.36 bits per heavy atom. The maximum absolute atomic E-state index is 12.2. The number of nitrogens with zero attached hydrogens (tertiary/aromatic N) is 3. The van der Waals surface area contributed by atoms with Gasteiger partial charge in [-0.2, -0.15) is 18.6 Å². The Kier molecular flexibility index (Phi) is 11.2. The van der Waals surface area contributed by atoms with Gasteiger partial charge in [-0.25, -0.2) is 9.84 Å². The molecule has 0 radical (unpaired) electrons. The first kappa shape index (κ1) is 27.6. The lowest BCUT2D eigenvalue weighted by Gasteiger charge is -2.19. The number of hydrogen-bond donors (Lipinski definition) is 1. The summed E-state index contributed by atoms with van der Waals surface area (Å²) in [5.74, 6) is 0. The second-order valence-corrected chi connectivity index (χ2v) is 11.4. The van der Waals surface area contributed by atoms with Gasteiger partial charge in [0.25, 0.3) is 10.0 Å². The van der Waals surface area contributed by atoms with Gasteiger partial charge in [0.05, 0.1) is 16.3 Å². The van der Waals surface area contributed by atoms with E-state index in [1.165, 1.54) is 0 Å². The molecule has 3 aromatic carbocycles. The number of hydrogen-bond acceptors (Lipinski definition) is 5. The number of para-hydroxylation sites is 2. The summed E-state index contributed by atoms with van der Waals surface area (Å²) in [7, 11) is -3.61. The molecular weight excluding hydrogens is 536 g/mol. The largest absolute Gasteiger partial charge is 0.276 e. The van der Waals surface area contributed by atoms with Gasteiger partial charge in [-0.3, -0.25) is 0 Å². The molecule has 1 N–H and O–H groups in total. The van der Waals surface area contributed by atoms with Gasteiger partial charge in [-0.1, -0.05) is 70.0 Å². The molecule has 0 amide bonds. The summed E-state index contributed by atoms with van der Waals surface area (Å²) in [6.45, 7) is 1.91. The summed E-state index contributed by atoms with van der Waals surface area (Å²) in [5.41, 5.74) is 3.07. The third kappa shape index (κ3) is 9.24. The minimum Gasteiger partial charge on any atom is -0.234 e. The molecule has 0 spiro atoms. The number of rotatable bonds is 14. The molecule has 0 aliphatic heterocycles. The third-order valence-corrected chi connectivity index (χ3v) is 7.65. The van der Waals surface area contributed by atoms with Gasteiger partial charge < -0.3 is 0 Å². The molecule has 190 valence electrons. The van der Waals surface area contributed by atoms with Crippen LogP contribution in [0.25, 0.3) is 0 Å². The average Bonchev–Trinajstić information content (AvgIpc) is 2.89. The van der Waals surface area contributed by atoms with Crippen molar-refractivity contribution in [1.29, 1.82) is 0 Å². The number of hydrazone groups is 2. The Bertz CT molecular complexity index is 1160. The van der Waals surface area contributed by atoms with Crippen molar-refractivity contribution in [2.45, 2.75) is 55.2 Å². The van der Waals surface area contributed by atoms with Gasteiger partial charge in [-0.05, 0) is 81.8 Å². The van der Waals surface area contributed by atoms with Crippen molar-refractivity contribution in [1.82, 2.24) is 4.83 Å². The van der Waals surface area contributed by atoms with Crippen molar-refractivity contribution in [3.05, 3.63) is 90.5 Å². The molecule has 1 atom stereocenters. The Labute approximate surface area is 223 Å². The van der Waals surface area contributed by atoms with Crippen LogP contribution >= 0.6 is 15.9 Å². The molecule has 36 heavy (non-hydrogen) atoms. The molecule has 0 fully saturated rings. The predicted octanol–water partition coefficient (Wildman–Crippen LogP) is 7.19. The second-order valence-electron chi connectivity index (χ2n) is 8.46. The fraction of sp³-hybridized carbons (Fsp3) is 0.286. The number of unbranched alkanes of at least 4 members (excludes halogenated alkanes) is 2. The summed E-state index contributed by atoms with van der Waals surface area (Å²) >= 11 is 3.76. The first-order chi connectivity index (χ1) is 17.5. The topological polar surface area (TPSA) is 74.1 Å². The SMILES string of the molecule is Cc1ccc(S(=O)(=O)N/N=C/CCCC(Br)CCC/C=N/N(c2ccccc2)c2ccccc2)cc1. The van der Waals surface area contributed by atoms with Gasteiger partial charge in [0, 0.05) is 17.3 Å². The third-order valence-electron chi connectivity index (χ3n) is 5.50. The highest BCUT2D eigenvalue weighted by molar-refractivity contribution is 9.09. The van der Waals surface area contributed by atoms with Crippen molar-refractivity contribution in [2.75, 3.05) is 5.01 Å². The Balaban J connectivity index is 1.35. The minimum absolute atomic E-state index is 0.213. The molecule has 0 aliphatic rings. The molecule has 0 aromatic heterocycles. The fourth-order valence-corrected chi connectivity index (χ4v) is 4.97. The van der Waals surface area contributed by atoms with E-state index < -0.39 is 10.0 Å². The molecule has 6 nitrogen and oxygen atoms in total. The molecule has 3 aromatic rings. The van der Waals surface area contributed by atoms with Crippen LogP contribution in [0.5, 0.6) is 0 Å². The lowest BCUT2D eigenvalue weighted by Crippen LogP contribution is -2.18. The predicted molar refractivity (Wildman–Crippen MR) is 154 cm³/mol. The molecule has 0 saturated carbocycles. The van der Waals surface area contributed by atoms with E-state index >= 15 is 0 Å². The molecule has 0 aliphatic carbocycles. The van der Waals surface area contributed by atoms with Crippen molar-refractivity contribution >= 4 is 49.8 Å². The second kappa shape index (κ2) is 14.6. The van der Waals surface area contributed by atoms with Crippen LogP contribution in [0.15, 0.2) is 100 Å². The Morgan fingerprint density at radius 1 is 0.833 bits per heavy atom. The number of benzene rings is 3. The van der Waals surface area contributed by atoms with Gasteiger partial charge in [0.1, 0.15) is 0 Å². The van der Waals surface area contributed by atoms with Crippen molar-refractivity contribution in [3.63, 3.8) is 0 Å². The Hall–Kier alpha value is -2.97. The van der Waals surface area contributed by atoms with Crippen LogP contribution in [0.3, 0.4) is 0 Å². The number of alkyl halides is 1. The lowest BCUT2D eigenvalue weighted by molar-refractivity contribution is 0.584. The van der Waals surface area contributed by atoms with Crippen LogP contribution in [0, 0.1) is 6.92 Å². The summed E-state index contributed by atoms with van der Waals surface area (Å²) in [5, 5.41) is 10.6. The lowest BCUT2D eigenvalue weighted by atomic mass is 10.1. The number of anilines is 2. The molecule has 3 rings (SSSR count). The molecule has 0 bridgehead atoms. The zero-order valence-corrected chi connectivity index (χ0v) is 22.9.